The second-order valence-corrected chi connectivity index (χ2v) is 4.27. The molecule has 0 saturated carbocycles. The van der Waals surface area contributed by atoms with E-state index in [1.807, 2.05) is 6.07 Å². The minimum atomic E-state index is -0.724. The number of nitrogens with two attached hydrogens (primary N) is 1. The molecule has 0 bridgehead atoms. The molecule has 1 rings (SSSR count). The van der Waals surface area contributed by atoms with Crippen molar-refractivity contribution >= 4 is 29.1 Å². The molecule has 0 aromatic heterocycles. The summed E-state index contributed by atoms with van der Waals surface area (Å²) >= 11 is 7.19. The monoisotopic (exact) mass is 233 g/mol. The van der Waals surface area contributed by atoms with Crippen molar-refractivity contribution in [2.75, 3.05) is 18.1 Å². The van der Waals surface area contributed by atoms with Gasteiger partial charge in [-0.25, -0.2) is 0 Å². The molecule has 1 atom stereocenters. The van der Waals surface area contributed by atoms with E-state index in [2.05, 4.69) is 0 Å². The van der Waals surface area contributed by atoms with Crippen molar-refractivity contribution in [1.29, 1.82) is 0 Å². The number of anilines is 1. The fourth-order valence-electron chi connectivity index (χ4n) is 0.882. The fraction of sp³-hybridized carbons (Fsp3) is 0.333. The van der Waals surface area contributed by atoms with Crippen molar-refractivity contribution in [3.63, 3.8) is 0 Å². The van der Waals surface area contributed by atoms with E-state index in [4.69, 9.17) is 27.5 Å². The van der Waals surface area contributed by atoms with Crippen molar-refractivity contribution in [1.82, 2.24) is 0 Å². The van der Waals surface area contributed by atoms with Gasteiger partial charge >= 0.3 is 0 Å². The Morgan fingerprint density at radius 1 is 1.50 bits per heavy atom. The van der Waals surface area contributed by atoms with Crippen LogP contribution in [0.15, 0.2) is 23.1 Å². The number of rotatable bonds is 4. The molecule has 0 radical (unpaired) electrons. The molecule has 1 aromatic rings. The highest BCUT2D eigenvalue weighted by atomic mass is 35.5. The molecule has 0 aliphatic carbocycles. The molecular formula is C9H12ClNO2S. The largest absolute Gasteiger partial charge is 0.397 e. The highest BCUT2D eigenvalue weighted by molar-refractivity contribution is 7.99. The Labute approximate surface area is 91.9 Å². The van der Waals surface area contributed by atoms with E-state index < -0.39 is 6.10 Å². The van der Waals surface area contributed by atoms with Gasteiger partial charge in [-0.3, -0.25) is 0 Å². The second-order valence-electron chi connectivity index (χ2n) is 2.80. The van der Waals surface area contributed by atoms with Gasteiger partial charge < -0.3 is 15.9 Å². The number of thioether (sulfide) groups is 1. The minimum Gasteiger partial charge on any atom is -0.397 e. The van der Waals surface area contributed by atoms with Gasteiger partial charge in [0.15, 0.2) is 0 Å². The van der Waals surface area contributed by atoms with E-state index in [-0.39, 0.29) is 6.61 Å². The van der Waals surface area contributed by atoms with E-state index in [1.54, 1.807) is 12.1 Å². The molecule has 0 aliphatic heterocycles. The molecule has 78 valence electrons. The zero-order chi connectivity index (χ0) is 10.6. The molecule has 0 spiro atoms. The standard InChI is InChI=1S/C9H12ClNO2S/c10-7-2-1-3-8(9(7)11)14-5-6(13)4-12/h1-3,6,12-13H,4-5,11H2. The predicted octanol–water partition coefficient (Wildman–Crippen LogP) is 1.37. The first-order chi connectivity index (χ1) is 6.65. The summed E-state index contributed by atoms with van der Waals surface area (Å²) in [5.41, 5.74) is 6.23. The molecule has 1 unspecified atom stereocenters. The number of hydrogen-bond acceptors (Lipinski definition) is 4. The molecule has 4 N–H and O–H groups in total. The summed E-state index contributed by atoms with van der Waals surface area (Å²) in [5, 5.41) is 18.3. The first-order valence-electron chi connectivity index (χ1n) is 4.11. The summed E-state index contributed by atoms with van der Waals surface area (Å²) in [6, 6.07) is 5.34. The molecule has 3 nitrogen and oxygen atoms in total. The van der Waals surface area contributed by atoms with Gasteiger partial charge in [0.25, 0.3) is 0 Å². The number of aliphatic hydroxyl groups excluding tert-OH is 2. The summed E-state index contributed by atoms with van der Waals surface area (Å²) in [6.45, 7) is -0.243. The lowest BCUT2D eigenvalue weighted by Gasteiger charge is -2.09. The number of benzene rings is 1. The van der Waals surface area contributed by atoms with Gasteiger partial charge in [-0.2, -0.15) is 0 Å². The van der Waals surface area contributed by atoms with E-state index in [0.29, 0.717) is 16.5 Å². The normalized spacial score (nSPS) is 12.8. The van der Waals surface area contributed by atoms with Crippen LogP contribution >= 0.6 is 23.4 Å². The van der Waals surface area contributed by atoms with Crippen molar-refractivity contribution in [3.8, 4) is 0 Å². The van der Waals surface area contributed by atoms with Gasteiger partial charge in [0.05, 0.1) is 23.4 Å². The van der Waals surface area contributed by atoms with Crippen LogP contribution in [-0.4, -0.2) is 28.7 Å². The van der Waals surface area contributed by atoms with Crippen molar-refractivity contribution in [2.45, 2.75) is 11.0 Å². The van der Waals surface area contributed by atoms with Crippen LogP contribution in [0.3, 0.4) is 0 Å². The summed E-state index contributed by atoms with van der Waals surface area (Å²) < 4.78 is 0. The van der Waals surface area contributed by atoms with Crippen LogP contribution in [0.2, 0.25) is 5.02 Å². The van der Waals surface area contributed by atoms with Crippen molar-refractivity contribution in [2.24, 2.45) is 0 Å². The maximum Gasteiger partial charge on any atom is 0.0864 e. The second kappa shape index (κ2) is 5.46. The number of halogens is 1. The Balaban J connectivity index is 2.63. The van der Waals surface area contributed by atoms with Crippen molar-refractivity contribution in [3.05, 3.63) is 23.2 Å². The molecule has 14 heavy (non-hydrogen) atoms. The summed E-state index contributed by atoms with van der Waals surface area (Å²) in [4.78, 5) is 0.824. The van der Waals surface area contributed by atoms with Gasteiger partial charge in [-0.15, -0.1) is 11.8 Å². The van der Waals surface area contributed by atoms with Crippen LogP contribution in [0.5, 0.6) is 0 Å². The topological polar surface area (TPSA) is 66.5 Å². The van der Waals surface area contributed by atoms with Crippen LogP contribution in [0.25, 0.3) is 0 Å². The first-order valence-corrected chi connectivity index (χ1v) is 5.47. The number of para-hydroxylation sites is 1. The highest BCUT2D eigenvalue weighted by Gasteiger charge is 2.07. The Morgan fingerprint density at radius 3 is 2.86 bits per heavy atom. The molecule has 0 saturated heterocycles. The van der Waals surface area contributed by atoms with Gasteiger partial charge in [0, 0.05) is 10.6 Å². The number of aliphatic hydroxyl groups is 2. The summed E-state index contributed by atoms with van der Waals surface area (Å²) in [5.74, 6) is 0.404. The Kier molecular flexibility index (Phi) is 4.54. The van der Waals surface area contributed by atoms with Crippen LogP contribution in [0.1, 0.15) is 0 Å². The maximum atomic E-state index is 9.13. The van der Waals surface area contributed by atoms with Crippen LogP contribution in [0, 0.1) is 0 Å². The quantitative estimate of drug-likeness (QED) is 0.543. The number of nitrogen functional groups attached to an aromatic ring is 1. The zero-order valence-corrected chi connectivity index (χ0v) is 9.05. The van der Waals surface area contributed by atoms with Gasteiger partial charge in [-0.05, 0) is 12.1 Å². The molecule has 0 fully saturated rings. The molecule has 5 heteroatoms. The zero-order valence-electron chi connectivity index (χ0n) is 7.48. The van der Waals surface area contributed by atoms with Gasteiger partial charge in [0.1, 0.15) is 0 Å². The molecule has 0 aliphatic rings. The third-order valence-electron chi connectivity index (χ3n) is 1.65. The predicted molar refractivity (Wildman–Crippen MR) is 59.7 cm³/mol. The molecule has 1 aromatic carbocycles. The molecular weight excluding hydrogens is 222 g/mol. The fourth-order valence-corrected chi connectivity index (χ4v) is 2.03. The first kappa shape index (κ1) is 11.7. The Morgan fingerprint density at radius 2 is 2.21 bits per heavy atom. The highest BCUT2D eigenvalue weighted by Crippen LogP contribution is 2.30. The smallest absolute Gasteiger partial charge is 0.0864 e. The third kappa shape index (κ3) is 3.06. The molecule has 0 heterocycles. The SMILES string of the molecule is Nc1c(Cl)cccc1SCC(O)CO. The Bertz CT molecular complexity index is 309. The average Bonchev–Trinajstić information content (AvgIpc) is 2.20. The lowest BCUT2D eigenvalue weighted by Crippen LogP contribution is -2.14. The maximum absolute atomic E-state index is 9.13. The minimum absolute atomic E-state index is 0.243. The van der Waals surface area contributed by atoms with Crippen LogP contribution < -0.4 is 5.73 Å². The average molecular weight is 234 g/mol. The van der Waals surface area contributed by atoms with E-state index in [1.165, 1.54) is 11.8 Å². The summed E-state index contributed by atoms with van der Waals surface area (Å²) in [6.07, 6.45) is -0.724. The van der Waals surface area contributed by atoms with E-state index in [0.717, 1.165) is 4.90 Å². The lowest BCUT2D eigenvalue weighted by molar-refractivity contribution is 0.113. The third-order valence-corrected chi connectivity index (χ3v) is 3.20. The lowest BCUT2D eigenvalue weighted by atomic mass is 10.3. The van der Waals surface area contributed by atoms with E-state index >= 15 is 0 Å². The van der Waals surface area contributed by atoms with Gasteiger partial charge in [-0.1, -0.05) is 17.7 Å². The van der Waals surface area contributed by atoms with Crippen LogP contribution in [0.4, 0.5) is 5.69 Å². The Hall–Kier alpha value is -0.420. The number of hydrogen-bond donors (Lipinski definition) is 3. The van der Waals surface area contributed by atoms with Gasteiger partial charge in [0.2, 0.25) is 0 Å². The van der Waals surface area contributed by atoms with Crippen LogP contribution in [-0.2, 0) is 0 Å². The van der Waals surface area contributed by atoms with E-state index in [9.17, 15) is 0 Å². The summed E-state index contributed by atoms with van der Waals surface area (Å²) in [7, 11) is 0. The molecule has 0 amide bonds. The van der Waals surface area contributed by atoms with Crippen molar-refractivity contribution < 1.29 is 10.2 Å².